The Bertz CT molecular complexity index is 1220. The number of carbonyl (C=O) groups excluding carboxylic acids is 2. The summed E-state index contributed by atoms with van der Waals surface area (Å²) in [6, 6.07) is 16.0. The number of halogens is 1. The first kappa shape index (κ1) is 23.9. The van der Waals surface area contributed by atoms with Crippen LogP contribution < -0.4 is 15.6 Å². The molecule has 0 saturated heterocycles. The van der Waals surface area contributed by atoms with Crippen molar-refractivity contribution in [2.24, 2.45) is 11.8 Å². The molecule has 4 rings (SSSR count). The van der Waals surface area contributed by atoms with E-state index in [9.17, 15) is 18.0 Å². The number of hydrogen-bond acceptors (Lipinski definition) is 5. The normalized spacial score (nSPS) is 18.7. The predicted octanol–water partition coefficient (Wildman–Crippen LogP) is 4.21. The lowest BCUT2D eigenvalue weighted by atomic mass is 9.82. The van der Waals surface area contributed by atoms with Gasteiger partial charge in [-0.15, -0.1) is 11.3 Å². The van der Waals surface area contributed by atoms with Crippen LogP contribution in [0, 0.1) is 11.8 Å². The van der Waals surface area contributed by atoms with Crippen molar-refractivity contribution in [3.8, 4) is 0 Å². The summed E-state index contributed by atoms with van der Waals surface area (Å²) >= 11 is 4.68. The van der Waals surface area contributed by atoms with E-state index in [4.69, 9.17) is 0 Å². The fourth-order valence-electron chi connectivity index (χ4n) is 3.93. The number of fused-ring (bicyclic) bond motifs is 1. The molecule has 2 aromatic carbocycles. The summed E-state index contributed by atoms with van der Waals surface area (Å²) in [4.78, 5) is 25.7. The number of rotatable bonds is 6. The fourth-order valence-corrected chi connectivity index (χ4v) is 6.27. The van der Waals surface area contributed by atoms with Crippen LogP contribution in [0.5, 0.6) is 0 Å². The Labute approximate surface area is 205 Å². The number of thiophene rings is 1. The van der Waals surface area contributed by atoms with E-state index in [1.165, 1.54) is 11.3 Å². The van der Waals surface area contributed by atoms with Gasteiger partial charge in [0, 0.05) is 21.6 Å². The van der Waals surface area contributed by atoms with Gasteiger partial charge in [0.1, 0.15) is 0 Å². The lowest BCUT2D eigenvalue weighted by Gasteiger charge is -2.27. The first-order valence-corrected chi connectivity index (χ1v) is 13.7. The first-order chi connectivity index (χ1) is 15.8. The summed E-state index contributed by atoms with van der Waals surface area (Å²) in [6.45, 7) is 0.343. The molecule has 1 saturated carbocycles. The second-order valence-corrected chi connectivity index (χ2v) is 11.9. The quantitative estimate of drug-likeness (QED) is 0.400. The molecule has 10 heteroatoms. The summed E-state index contributed by atoms with van der Waals surface area (Å²) in [7, 11) is -3.56. The number of hydrazine groups is 1. The second kappa shape index (κ2) is 10.3. The molecule has 33 heavy (non-hydrogen) atoms. The lowest BCUT2D eigenvalue weighted by molar-refractivity contribution is -0.127. The molecule has 0 atom stereocenters. The highest BCUT2D eigenvalue weighted by Crippen LogP contribution is 2.29. The van der Waals surface area contributed by atoms with Gasteiger partial charge in [-0.3, -0.25) is 20.4 Å². The Kier molecular flexibility index (Phi) is 7.48. The van der Waals surface area contributed by atoms with Gasteiger partial charge in [0.25, 0.3) is 5.91 Å². The van der Waals surface area contributed by atoms with Crippen LogP contribution in [0.3, 0.4) is 0 Å². The van der Waals surface area contributed by atoms with Gasteiger partial charge in [0.2, 0.25) is 15.9 Å². The zero-order valence-electron chi connectivity index (χ0n) is 17.7. The third-order valence-electron chi connectivity index (χ3n) is 5.85. The third-order valence-corrected chi connectivity index (χ3v) is 8.94. The van der Waals surface area contributed by atoms with Crippen LogP contribution in [0.25, 0.3) is 10.1 Å². The molecule has 0 unspecified atom stereocenters. The minimum Gasteiger partial charge on any atom is -0.273 e. The van der Waals surface area contributed by atoms with Crippen LogP contribution in [-0.2, 0) is 14.8 Å². The van der Waals surface area contributed by atoms with Crippen LogP contribution in [-0.4, -0.2) is 26.8 Å². The summed E-state index contributed by atoms with van der Waals surface area (Å²) in [5, 5.41) is 0.994. The summed E-state index contributed by atoms with van der Waals surface area (Å²) < 4.78 is 29.4. The molecule has 174 valence electrons. The van der Waals surface area contributed by atoms with Crippen molar-refractivity contribution < 1.29 is 18.0 Å². The average molecular weight is 551 g/mol. The van der Waals surface area contributed by atoms with E-state index >= 15 is 0 Å². The number of hydrogen-bond donors (Lipinski definition) is 3. The second-order valence-electron chi connectivity index (χ2n) is 8.12. The van der Waals surface area contributed by atoms with Crippen molar-refractivity contribution in [2.75, 3.05) is 6.54 Å². The summed E-state index contributed by atoms with van der Waals surface area (Å²) in [5.41, 5.74) is 5.06. The van der Waals surface area contributed by atoms with Gasteiger partial charge in [-0.1, -0.05) is 34.1 Å². The molecule has 0 bridgehead atoms. The molecule has 1 fully saturated rings. The molecule has 1 aromatic heterocycles. The molecule has 0 aliphatic heterocycles. The molecule has 3 N–H and O–H groups in total. The average Bonchev–Trinajstić information content (AvgIpc) is 3.26. The number of benzene rings is 2. The highest BCUT2D eigenvalue weighted by atomic mass is 79.9. The van der Waals surface area contributed by atoms with Crippen LogP contribution >= 0.6 is 27.3 Å². The molecule has 1 heterocycles. The Balaban J connectivity index is 1.21. The van der Waals surface area contributed by atoms with E-state index < -0.39 is 10.0 Å². The maximum absolute atomic E-state index is 12.5. The Morgan fingerprint density at radius 1 is 0.970 bits per heavy atom. The van der Waals surface area contributed by atoms with E-state index in [-0.39, 0.29) is 28.5 Å². The standard InChI is InChI=1S/C23H24BrN3O4S2/c24-18-9-11-19(12-10-18)33(30,31)25-14-15-5-7-16(8-6-15)22(28)26-27-23(29)21-13-17-3-1-2-4-20(17)32-21/h1-4,9-13,15-16,25H,5-8,14H2,(H,26,28)(H,27,29). The Morgan fingerprint density at radius 3 is 2.36 bits per heavy atom. The van der Waals surface area contributed by atoms with Gasteiger partial charge in [0.15, 0.2) is 0 Å². The first-order valence-electron chi connectivity index (χ1n) is 10.7. The van der Waals surface area contributed by atoms with E-state index in [0.717, 1.165) is 27.4 Å². The van der Waals surface area contributed by atoms with E-state index in [0.29, 0.717) is 24.3 Å². The summed E-state index contributed by atoms with van der Waals surface area (Å²) in [5.74, 6) is -0.571. The molecule has 2 amide bonds. The zero-order valence-corrected chi connectivity index (χ0v) is 20.9. The predicted molar refractivity (Wildman–Crippen MR) is 132 cm³/mol. The molecule has 3 aromatic rings. The van der Waals surface area contributed by atoms with Crippen LogP contribution in [0.4, 0.5) is 0 Å². The third kappa shape index (κ3) is 6.00. The number of sulfonamides is 1. The van der Waals surface area contributed by atoms with Gasteiger partial charge in [-0.25, -0.2) is 13.1 Å². The van der Waals surface area contributed by atoms with Gasteiger partial charge in [0.05, 0.1) is 9.77 Å². The molecule has 7 nitrogen and oxygen atoms in total. The van der Waals surface area contributed by atoms with Gasteiger partial charge in [-0.2, -0.15) is 0 Å². The molecule has 0 radical (unpaired) electrons. The van der Waals surface area contributed by atoms with E-state index in [1.807, 2.05) is 30.3 Å². The van der Waals surface area contributed by atoms with Crippen molar-refractivity contribution in [1.29, 1.82) is 0 Å². The molecule has 1 aliphatic rings. The lowest BCUT2D eigenvalue weighted by Crippen LogP contribution is -2.45. The molecular formula is C23H24BrN3O4S2. The van der Waals surface area contributed by atoms with Gasteiger partial charge < -0.3 is 0 Å². The number of amides is 2. The number of nitrogens with one attached hydrogen (secondary N) is 3. The van der Waals surface area contributed by atoms with Crippen molar-refractivity contribution in [2.45, 2.75) is 30.6 Å². The highest BCUT2D eigenvalue weighted by Gasteiger charge is 2.27. The van der Waals surface area contributed by atoms with Crippen LogP contribution in [0.1, 0.15) is 35.4 Å². The van der Waals surface area contributed by atoms with E-state index in [1.54, 1.807) is 24.3 Å². The maximum atomic E-state index is 12.5. The van der Waals surface area contributed by atoms with Gasteiger partial charge >= 0.3 is 0 Å². The van der Waals surface area contributed by atoms with Crippen molar-refractivity contribution in [1.82, 2.24) is 15.6 Å². The molecule has 1 aliphatic carbocycles. The Hall–Kier alpha value is -2.27. The fraction of sp³-hybridized carbons (Fsp3) is 0.304. The highest BCUT2D eigenvalue weighted by molar-refractivity contribution is 9.10. The smallest absolute Gasteiger partial charge is 0.273 e. The van der Waals surface area contributed by atoms with Gasteiger partial charge in [-0.05, 0) is 73.4 Å². The van der Waals surface area contributed by atoms with Crippen molar-refractivity contribution in [3.63, 3.8) is 0 Å². The van der Waals surface area contributed by atoms with E-state index in [2.05, 4.69) is 31.5 Å². The monoisotopic (exact) mass is 549 g/mol. The van der Waals surface area contributed by atoms with Crippen LogP contribution in [0.15, 0.2) is 64.0 Å². The molecular weight excluding hydrogens is 526 g/mol. The summed E-state index contributed by atoms with van der Waals surface area (Å²) in [6.07, 6.45) is 2.78. The largest absolute Gasteiger partial charge is 0.279 e. The minimum atomic E-state index is -3.56. The van der Waals surface area contributed by atoms with Crippen LogP contribution in [0.2, 0.25) is 0 Å². The van der Waals surface area contributed by atoms with Crippen molar-refractivity contribution in [3.05, 3.63) is 63.9 Å². The van der Waals surface area contributed by atoms with Crippen molar-refractivity contribution >= 4 is 59.2 Å². The maximum Gasteiger partial charge on any atom is 0.279 e. The number of carbonyl (C=O) groups is 2. The minimum absolute atomic E-state index is 0.174. The molecule has 0 spiro atoms. The Morgan fingerprint density at radius 2 is 1.67 bits per heavy atom. The topological polar surface area (TPSA) is 104 Å². The SMILES string of the molecule is O=C(NNC(=O)C1CCC(CNS(=O)(=O)c2ccc(Br)cc2)CC1)c1cc2ccccc2s1. The zero-order chi connectivity index (χ0) is 23.4.